The lowest BCUT2D eigenvalue weighted by atomic mass is 9.84. The summed E-state index contributed by atoms with van der Waals surface area (Å²) in [5.74, 6) is 1.26. The molecule has 1 aliphatic rings. The average Bonchev–Trinajstić information content (AvgIpc) is 2.57. The molecular formula is C17H21N3O2. The third-order valence-corrected chi connectivity index (χ3v) is 4.09. The zero-order valence-corrected chi connectivity index (χ0v) is 12.8. The highest BCUT2D eigenvalue weighted by Gasteiger charge is 2.34. The van der Waals surface area contributed by atoms with Crippen molar-refractivity contribution >= 4 is 5.95 Å². The van der Waals surface area contributed by atoms with Crippen LogP contribution in [0, 0.1) is 0 Å². The number of ether oxygens (including phenoxy) is 1. The Hall–Kier alpha value is -2.14. The molecule has 2 heterocycles. The predicted molar refractivity (Wildman–Crippen MR) is 85.0 cm³/mol. The number of aromatic nitrogens is 2. The van der Waals surface area contributed by atoms with Crippen LogP contribution in [0.3, 0.4) is 0 Å². The molecule has 2 aromatic rings. The monoisotopic (exact) mass is 299 g/mol. The van der Waals surface area contributed by atoms with E-state index < -0.39 is 5.60 Å². The van der Waals surface area contributed by atoms with Gasteiger partial charge < -0.3 is 14.7 Å². The summed E-state index contributed by atoms with van der Waals surface area (Å²) in [6.07, 6.45) is 3.05. The lowest BCUT2D eigenvalue weighted by Gasteiger charge is -2.38. The Kier molecular flexibility index (Phi) is 4.24. The quantitative estimate of drug-likeness (QED) is 0.939. The zero-order valence-electron chi connectivity index (χ0n) is 12.8. The Morgan fingerprint density at radius 2 is 1.91 bits per heavy atom. The summed E-state index contributed by atoms with van der Waals surface area (Å²) in [6.45, 7) is 3.97. The first kappa shape index (κ1) is 14.8. The van der Waals surface area contributed by atoms with Crippen molar-refractivity contribution < 1.29 is 9.84 Å². The van der Waals surface area contributed by atoms with Crippen molar-refractivity contribution in [2.75, 3.05) is 24.6 Å². The zero-order chi connectivity index (χ0) is 15.4. The topological polar surface area (TPSA) is 58.5 Å². The third kappa shape index (κ3) is 3.04. The van der Waals surface area contributed by atoms with Crippen LogP contribution in [0.15, 0.2) is 42.6 Å². The molecule has 22 heavy (non-hydrogen) atoms. The number of anilines is 1. The molecule has 0 spiro atoms. The molecule has 1 N–H and O–H groups in total. The Morgan fingerprint density at radius 3 is 2.59 bits per heavy atom. The van der Waals surface area contributed by atoms with Gasteiger partial charge in [-0.05, 0) is 25.3 Å². The van der Waals surface area contributed by atoms with E-state index in [-0.39, 0.29) is 0 Å². The van der Waals surface area contributed by atoms with Crippen molar-refractivity contribution in [1.29, 1.82) is 0 Å². The number of rotatable bonds is 4. The van der Waals surface area contributed by atoms with Gasteiger partial charge in [0, 0.05) is 25.4 Å². The summed E-state index contributed by atoms with van der Waals surface area (Å²) >= 11 is 0. The molecule has 1 fully saturated rings. The standard InChI is InChI=1S/C17H21N3O2/c1-2-22-15-8-11-18-16(19-15)20-12-9-17(21,10-13-20)14-6-4-3-5-7-14/h3-8,11,21H,2,9-10,12-13H2,1H3. The molecule has 5 heteroatoms. The Morgan fingerprint density at radius 1 is 1.18 bits per heavy atom. The van der Waals surface area contributed by atoms with Crippen LogP contribution in [0.4, 0.5) is 5.95 Å². The molecule has 0 saturated carbocycles. The van der Waals surface area contributed by atoms with E-state index in [1.165, 1.54) is 0 Å². The molecular weight excluding hydrogens is 278 g/mol. The second-order valence-corrected chi connectivity index (χ2v) is 5.51. The van der Waals surface area contributed by atoms with E-state index in [2.05, 4.69) is 14.9 Å². The summed E-state index contributed by atoms with van der Waals surface area (Å²) in [7, 11) is 0. The van der Waals surface area contributed by atoms with E-state index in [1.54, 1.807) is 12.3 Å². The molecule has 1 aliphatic heterocycles. The van der Waals surface area contributed by atoms with Crippen LogP contribution in [0.2, 0.25) is 0 Å². The minimum Gasteiger partial charge on any atom is -0.478 e. The summed E-state index contributed by atoms with van der Waals surface area (Å²) in [5, 5.41) is 10.9. The van der Waals surface area contributed by atoms with Crippen LogP contribution in [0.5, 0.6) is 5.88 Å². The van der Waals surface area contributed by atoms with E-state index in [1.807, 2.05) is 37.3 Å². The van der Waals surface area contributed by atoms with Gasteiger partial charge in [-0.15, -0.1) is 0 Å². The first-order valence-corrected chi connectivity index (χ1v) is 7.70. The van der Waals surface area contributed by atoms with Crippen molar-refractivity contribution in [1.82, 2.24) is 9.97 Å². The molecule has 0 amide bonds. The summed E-state index contributed by atoms with van der Waals surface area (Å²) < 4.78 is 5.42. The minimum atomic E-state index is -0.755. The fourth-order valence-corrected chi connectivity index (χ4v) is 2.83. The van der Waals surface area contributed by atoms with E-state index in [4.69, 9.17) is 4.74 Å². The number of aliphatic hydroxyl groups is 1. The van der Waals surface area contributed by atoms with Crippen molar-refractivity contribution in [2.45, 2.75) is 25.4 Å². The smallest absolute Gasteiger partial charge is 0.228 e. The highest BCUT2D eigenvalue weighted by atomic mass is 16.5. The Labute approximate surface area is 130 Å². The van der Waals surface area contributed by atoms with Crippen LogP contribution < -0.4 is 9.64 Å². The minimum absolute atomic E-state index is 0.588. The maximum Gasteiger partial charge on any atom is 0.228 e. The van der Waals surface area contributed by atoms with Gasteiger partial charge in [0.25, 0.3) is 0 Å². The molecule has 0 unspecified atom stereocenters. The molecule has 0 bridgehead atoms. The summed E-state index contributed by atoms with van der Waals surface area (Å²) in [6, 6.07) is 11.6. The molecule has 0 radical (unpaired) electrons. The number of hydrogen-bond donors (Lipinski definition) is 1. The number of piperidine rings is 1. The lowest BCUT2D eigenvalue weighted by Crippen LogP contribution is -2.43. The van der Waals surface area contributed by atoms with Crippen LogP contribution >= 0.6 is 0 Å². The van der Waals surface area contributed by atoms with Crippen LogP contribution in [-0.4, -0.2) is 34.8 Å². The third-order valence-electron chi connectivity index (χ3n) is 4.09. The van der Waals surface area contributed by atoms with Gasteiger partial charge in [0.1, 0.15) is 0 Å². The second-order valence-electron chi connectivity index (χ2n) is 5.51. The summed E-state index contributed by atoms with van der Waals surface area (Å²) in [5.41, 5.74) is 0.230. The Balaban J connectivity index is 1.70. The SMILES string of the molecule is CCOc1ccnc(N2CCC(O)(c3ccccc3)CC2)n1. The van der Waals surface area contributed by atoms with Gasteiger partial charge in [0.05, 0.1) is 12.2 Å². The van der Waals surface area contributed by atoms with E-state index in [0.717, 1.165) is 18.7 Å². The molecule has 116 valence electrons. The second kappa shape index (κ2) is 6.32. The van der Waals surface area contributed by atoms with Crippen molar-refractivity contribution in [3.8, 4) is 5.88 Å². The first-order valence-electron chi connectivity index (χ1n) is 7.70. The van der Waals surface area contributed by atoms with Crippen LogP contribution in [0.1, 0.15) is 25.3 Å². The van der Waals surface area contributed by atoms with E-state index in [9.17, 15) is 5.11 Å². The van der Waals surface area contributed by atoms with Crippen LogP contribution in [0.25, 0.3) is 0 Å². The Bertz CT molecular complexity index is 610. The van der Waals surface area contributed by atoms with Crippen molar-refractivity contribution in [3.63, 3.8) is 0 Å². The van der Waals surface area contributed by atoms with E-state index >= 15 is 0 Å². The molecule has 1 saturated heterocycles. The number of nitrogens with zero attached hydrogens (tertiary/aromatic N) is 3. The first-order chi connectivity index (χ1) is 10.7. The molecule has 3 rings (SSSR count). The predicted octanol–water partition coefficient (Wildman–Crippen LogP) is 2.36. The molecule has 0 atom stereocenters. The van der Waals surface area contributed by atoms with Gasteiger partial charge in [-0.25, -0.2) is 4.98 Å². The van der Waals surface area contributed by atoms with Gasteiger partial charge in [0.2, 0.25) is 11.8 Å². The number of benzene rings is 1. The molecule has 1 aromatic carbocycles. The maximum absolute atomic E-state index is 10.9. The highest BCUT2D eigenvalue weighted by molar-refractivity contribution is 5.34. The van der Waals surface area contributed by atoms with Gasteiger partial charge >= 0.3 is 0 Å². The molecule has 1 aromatic heterocycles. The maximum atomic E-state index is 10.9. The van der Waals surface area contributed by atoms with E-state index in [0.29, 0.717) is 31.3 Å². The fraction of sp³-hybridized carbons (Fsp3) is 0.412. The van der Waals surface area contributed by atoms with Gasteiger partial charge in [-0.1, -0.05) is 30.3 Å². The normalized spacial score (nSPS) is 17.3. The molecule has 0 aliphatic carbocycles. The fourth-order valence-electron chi connectivity index (χ4n) is 2.83. The van der Waals surface area contributed by atoms with Gasteiger partial charge in [-0.2, -0.15) is 4.98 Å². The highest BCUT2D eigenvalue weighted by Crippen LogP contribution is 2.33. The molecule has 5 nitrogen and oxygen atoms in total. The van der Waals surface area contributed by atoms with Crippen LogP contribution in [-0.2, 0) is 5.60 Å². The van der Waals surface area contributed by atoms with Gasteiger partial charge in [-0.3, -0.25) is 0 Å². The lowest BCUT2D eigenvalue weighted by molar-refractivity contribution is 0.0115. The van der Waals surface area contributed by atoms with Crippen molar-refractivity contribution in [3.05, 3.63) is 48.2 Å². The summed E-state index contributed by atoms with van der Waals surface area (Å²) in [4.78, 5) is 10.8. The number of hydrogen-bond acceptors (Lipinski definition) is 5. The largest absolute Gasteiger partial charge is 0.478 e. The van der Waals surface area contributed by atoms with Gasteiger partial charge in [0.15, 0.2) is 0 Å². The van der Waals surface area contributed by atoms with Crippen molar-refractivity contribution in [2.24, 2.45) is 0 Å². The average molecular weight is 299 g/mol.